The van der Waals surface area contributed by atoms with Gasteiger partial charge in [-0.05, 0) is 37.5 Å². The Morgan fingerprint density at radius 3 is 2.52 bits per heavy atom. The molecule has 0 aliphatic rings. The predicted octanol–water partition coefficient (Wildman–Crippen LogP) is 3.61. The summed E-state index contributed by atoms with van der Waals surface area (Å²) in [5.74, 6) is 0. The number of aliphatic hydroxyl groups is 1. The third kappa shape index (κ3) is 6.12. The van der Waals surface area contributed by atoms with Gasteiger partial charge >= 0.3 is 6.03 Å². The van der Waals surface area contributed by atoms with Gasteiger partial charge in [0.15, 0.2) is 0 Å². The van der Waals surface area contributed by atoms with E-state index in [1.165, 1.54) is 5.56 Å². The maximum atomic E-state index is 12.2. The first kappa shape index (κ1) is 18.8. The quantitative estimate of drug-likeness (QED) is 0.687. The molecule has 0 saturated carbocycles. The molecule has 0 fully saturated rings. The van der Waals surface area contributed by atoms with Crippen LogP contribution >= 0.6 is 0 Å². The third-order valence-electron chi connectivity index (χ3n) is 4.00. The van der Waals surface area contributed by atoms with Crippen molar-refractivity contribution in [2.24, 2.45) is 0 Å². The van der Waals surface area contributed by atoms with E-state index in [2.05, 4.69) is 27.7 Å². The second-order valence-electron chi connectivity index (χ2n) is 6.22. The molecule has 5 nitrogen and oxygen atoms in total. The summed E-state index contributed by atoms with van der Waals surface area (Å²) < 4.78 is 0. The second kappa shape index (κ2) is 9.69. The molecule has 5 heteroatoms. The van der Waals surface area contributed by atoms with Crippen molar-refractivity contribution in [2.45, 2.75) is 32.4 Å². The number of carbonyl (C=O) groups is 1. The van der Waals surface area contributed by atoms with Gasteiger partial charge in [0.25, 0.3) is 0 Å². The average Bonchev–Trinajstić information content (AvgIpc) is 2.61. The van der Waals surface area contributed by atoms with E-state index in [1.807, 2.05) is 56.4 Å². The van der Waals surface area contributed by atoms with Gasteiger partial charge in [-0.3, -0.25) is 0 Å². The van der Waals surface area contributed by atoms with Crippen LogP contribution in [0.25, 0.3) is 0 Å². The van der Waals surface area contributed by atoms with Crippen LogP contribution in [0.4, 0.5) is 16.2 Å². The molecular formula is C20H27N3O2. The molecule has 1 atom stereocenters. The maximum absolute atomic E-state index is 12.2. The number of nitrogens with zero attached hydrogens (tertiary/aromatic N) is 1. The number of amides is 2. The molecule has 0 radical (unpaired) electrons. The van der Waals surface area contributed by atoms with Crippen LogP contribution in [0.3, 0.4) is 0 Å². The Morgan fingerprint density at radius 1 is 1.12 bits per heavy atom. The fourth-order valence-corrected chi connectivity index (χ4v) is 2.71. The minimum absolute atomic E-state index is 0.0151. The van der Waals surface area contributed by atoms with Crippen LogP contribution in [0.2, 0.25) is 0 Å². The summed E-state index contributed by atoms with van der Waals surface area (Å²) in [4.78, 5) is 14.3. The first-order valence-corrected chi connectivity index (χ1v) is 8.62. The summed E-state index contributed by atoms with van der Waals surface area (Å²) in [6.45, 7) is 2.83. The Balaban J connectivity index is 2.01. The van der Waals surface area contributed by atoms with Crippen LogP contribution < -0.4 is 15.5 Å². The summed E-state index contributed by atoms with van der Waals surface area (Å²) in [7, 11) is 2.01. The largest absolute Gasteiger partial charge is 0.396 e. The standard InChI is InChI=1S/C20H27N3O2/c1-16(9-8-14-24)21-20(25)22-18-12-6-7-13-19(18)23(2)15-17-10-4-3-5-11-17/h3-7,10-13,16,24H,8-9,14-15H2,1-2H3,(H2,21,22,25). The highest BCUT2D eigenvalue weighted by molar-refractivity contribution is 5.93. The Morgan fingerprint density at radius 2 is 1.80 bits per heavy atom. The lowest BCUT2D eigenvalue weighted by Gasteiger charge is -2.23. The SMILES string of the molecule is CC(CCCO)NC(=O)Nc1ccccc1N(C)Cc1ccccc1. The normalized spacial score (nSPS) is 11.6. The summed E-state index contributed by atoms with van der Waals surface area (Å²) in [5, 5.41) is 14.7. The smallest absolute Gasteiger partial charge is 0.319 e. The minimum atomic E-state index is -0.231. The van der Waals surface area contributed by atoms with Crippen molar-refractivity contribution in [1.29, 1.82) is 0 Å². The number of hydrogen-bond acceptors (Lipinski definition) is 3. The number of nitrogens with one attached hydrogen (secondary N) is 2. The molecule has 2 rings (SSSR count). The molecule has 0 spiro atoms. The molecule has 25 heavy (non-hydrogen) atoms. The van der Waals surface area contributed by atoms with Crippen molar-refractivity contribution in [3.8, 4) is 0 Å². The average molecular weight is 341 g/mol. The third-order valence-corrected chi connectivity index (χ3v) is 4.00. The van der Waals surface area contributed by atoms with Crippen molar-refractivity contribution < 1.29 is 9.90 Å². The Bertz CT molecular complexity index is 661. The summed E-state index contributed by atoms with van der Waals surface area (Å²) in [6, 6.07) is 17.8. The number of rotatable bonds is 8. The van der Waals surface area contributed by atoms with E-state index in [0.29, 0.717) is 6.42 Å². The van der Waals surface area contributed by atoms with E-state index in [1.54, 1.807) is 0 Å². The molecule has 1 unspecified atom stereocenters. The molecule has 134 valence electrons. The van der Waals surface area contributed by atoms with E-state index in [9.17, 15) is 4.79 Å². The first-order valence-electron chi connectivity index (χ1n) is 8.62. The van der Waals surface area contributed by atoms with Crippen molar-refractivity contribution in [3.05, 3.63) is 60.2 Å². The molecule has 0 aliphatic carbocycles. The number of hydrogen-bond donors (Lipinski definition) is 3. The van der Waals surface area contributed by atoms with Gasteiger partial charge in [-0.2, -0.15) is 0 Å². The fraction of sp³-hybridized carbons (Fsp3) is 0.350. The highest BCUT2D eigenvalue weighted by Crippen LogP contribution is 2.25. The summed E-state index contributed by atoms with van der Waals surface area (Å²) >= 11 is 0. The molecule has 2 aromatic rings. The van der Waals surface area contributed by atoms with Gasteiger partial charge in [0, 0.05) is 26.2 Å². The van der Waals surface area contributed by atoms with Gasteiger partial charge < -0.3 is 20.6 Å². The van der Waals surface area contributed by atoms with E-state index in [0.717, 1.165) is 24.3 Å². The zero-order valence-corrected chi connectivity index (χ0v) is 14.9. The molecular weight excluding hydrogens is 314 g/mol. The number of anilines is 2. The highest BCUT2D eigenvalue weighted by atomic mass is 16.3. The molecule has 2 aromatic carbocycles. The molecule has 0 heterocycles. The van der Waals surface area contributed by atoms with Crippen LogP contribution in [0, 0.1) is 0 Å². The molecule has 0 aromatic heterocycles. The lowest BCUT2D eigenvalue weighted by atomic mass is 10.2. The van der Waals surface area contributed by atoms with Gasteiger partial charge in [-0.25, -0.2) is 4.79 Å². The predicted molar refractivity (Wildman–Crippen MR) is 103 cm³/mol. The monoisotopic (exact) mass is 341 g/mol. The second-order valence-corrected chi connectivity index (χ2v) is 6.22. The lowest BCUT2D eigenvalue weighted by molar-refractivity contribution is 0.245. The van der Waals surface area contributed by atoms with Crippen molar-refractivity contribution in [2.75, 3.05) is 23.9 Å². The van der Waals surface area contributed by atoms with Gasteiger partial charge in [0.2, 0.25) is 0 Å². The van der Waals surface area contributed by atoms with Gasteiger partial charge in [0.05, 0.1) is 11.4 Å². The molecule has 3 N–H and O–H groups in total. The van der Waals surface area contributed by atoms with Crippen molar-refractivity contribution >= 4 is 17.4 Å². The Hall–Kier alpha value is -2.53. The van der Waals surface area contributed by atoms with Crippen LogP contribution in [0.15, 0.2) is 54.6 Å². The van der Waals surface area contributed by atoms with Gasteiger partial charge in [-0.1, -0.05) is 42.5 Å². The fourth-order valence-electron chi connectivity index (χ4n) is 2.71. The van der Waals surface area contributed by atoms with Crippen LogP contribution in [-0.4, -0.2) is 30.8 Å². The van der Waals surface area contributed by atoms with E-state index >= 15 is 0 Å². The highest BCUT2D eigenvalue weighted by Gasteiger charge is 2.12. The molecule has 0 bridgehead atoms. The van der Waals surface area contributed by atoms with Crippen LogP contribution in [0.1, 0.15) is 25.3 Å². The van der Waals surface area contributed by atoms with E-state index < -0.39 is 0 Å². The Kier molecular flexibility index (Phi) is 7.29. The lowest BCUT2D eigenvalue weighted by Crippen LogP contribution is -2.36. The Labute approximate surface area is 149 Å². The number of carbonyl (C=O) groups excluding carboxylic acids is 1. The zero-order valence-electron chi connectivity index (χ0n) is 14.9. The van der Waals surface area contributed by atoms with Gasteiger partial charge in [-0.15, -0.1) is 0 Å². The number of para-hydroxylation sites is 2. The summed E-state index contributed by atoms with van der Waals surface area (Å²) in [6.07, 6.45) is 1.43. The topological polar surface area (TPSA) is 64.6 Å². The molecule has 2 amide bonds. The van der Waals surface area contributed by atoms with E-state index in [4.69, 9.17) is 5.11 Å². The van der Waals surface area contributed by atoms with Crippen LogP contribution in [0.5, 0.6) is 0 Å². The number of aliphatic hydroxyl groups excluding tert-OH is 1. The number of urea groups is 1. The van der Waals surface area contributed by atoms with Crippen LogP contribution in [-0.2, 0) is 6.54 Å². The van der Waals surface area contributed by atoms with Crippen molar-refractivity contribution in [1.82, 2.24) is 5.32 Å². The maximum Gasteiger partial charge on any atom is 0.319 e. The molecule has 0 saturated heterocycles. The minimum Gasteiger partial charge on any atom is -0.396 e. The first-order chi connectivity index (χ1) is 12.1. The number of benzene rings is 2. The molecule has 0 aliphatic heterocycles. The van der Waals surface area contributed by atoms with E-state index in [-0.39, 0.29) is 18.7 Å². The van der Waals surface area contributed by atoms with Gasteiger partial charge in [0.1, 0.15) is 0 Å². The zero-order chi connectivity index (χ0) is 18.1. The summed E-state index contributed by atoms with van der Waals surface area (Å²) in [5.41, 5.74) is 2.94. The van der Waals surface area contributed by atoms with Crippen molar-refractivity contribution in [3.63, 3.8) is 0 Å².